The average molecular weight is 482 g/mol. The number of nitrogens with one attached hydrogen (secondary N) is 1. The van der Waals surface area contributed by atoms with E-state index in [1.165, 1.54) is 17.2 Å². The maximum Gasteiger partial charge on any atom is 0.258 e. The number of amides is 2. The average Bonchev–Trinajstić information content (AvgIpc) is 3.34. The summed E-state index contributed by atoms with van der Waals surface area (Å²) < 4.78 is 21.8. The van der Waals surface area contributed by atoms with Crippen molar-refractivity contribution in [3.63, 3.8) is 0 Å². The van der Waals surface area contributed by atoms with E-state index in [4.69, 9.17) is 4.52 Å². The highest BCUT2D eigenvalue weighted by molar-refractivity contribution is 5.97. The van der Waals surface area contributed by atoms with Crippen molar-refractivity contribution in [1.29, 1.82) is 0 Å². The Bertz CT molecular complexity index is 1200. The molecule has 9 heteroatoms. The van der Waals surface area contributed by atoms with E-state index >= 15 is 0 Å². The van der Waals surface area contributed by atoms with Gasteiger partial charge in [-0.1, -0.05) is 29.8 Å². The van der Waals surface area contributed by atoms with Gasteiger partial charge in [-0.05, 0) is 52.0 Å². The molecular formula is C26H32FN5O3. The van der Waals surface area contributed by atoms with Gasteiger partial charge in [0.2, 0.25) is 5.91 Å². The molecule has 1 aromatic carbocycles. The van der Waals surface area contributed by atoms with Crippen LogP contribution < -0.4 is 5.32 Å². The first-order valence-corrected chi connectivity index (χ1v) is 12.1. The first-order valence-electron chi connectivity index (χ1n) is 12.1. The standard InChI is InChI=1S/C26H32FN5O3/c1-5-17(3)29-25(33)24(23-11-18(4)35-30-23)32(15-20-10-16(2)6-9-22(20)27)26(34)21-12-28-31(14-21)13-19-7-8-19/h6,9-12,14,17,19,24H,5,7-8,13,15H2,1-4H3,(H,29,33). The fourth-order valence-electron chi connectivity index (χ4n) is 3.97. The molecule has 0 bridgehead atoms. The van der Waals surface area contributed by atoms with Crippen molar-refractivity contribution in [1.82, 2.24) is 25.2 Å². The van der Waals surface area contributed by atoms with Gasteiger partial charge in [-0.2, -0.15) is 5.10 Å². The maximum atomic E-state index is 14.8. The van der Waals surface area contributed by atoms with Crippen LogP contribution in [0.25, 0.3) is 0 Å². The molecule has 4 rings (SSSR count). The molecular weight excluding hydrogens is 449 g/mol. The van der Waals surface area contributed by atoms with Crippen LogP contribution in [0, 0.1) is 25.6 Å². The van der Waals surface area contributed by atoms with Gasteiger partial charge in [0.15, 0.2) is 6.04 Å². The zero-order chi connectivity index (χ0) is 25.1. The Balaban J connectivity index is 1.74. The molecule has 2 aromatic heterocycles. The molecule has 0 radical (unpaired) electrons. The fraction of sp³-hybridized carbons (Fsp3) is 0.462. The summed E-state index contributed by atoms with van der Waals surface area (Å²) in [5.41, 5.74) is 1.78. The Hall–Kier alpha value is -3.49. The lowest BCUT2D eigenvalue weighted by atomic mass is 10.1. The number of nitrogens with zero attached hydrogens (tertiary/aromatic N) is 4. The quantitative estimate of drug-likeness (QED) is 0.465. The number of benzene rings is 1. The number of rotatable bonds is 10. The van der Waals surface area contributed by atoms with Crippen molar-refractivity contribution in [2.75, 3.05) is 0 Å². The van der Waals surface area contributed by atoms with Crippen LogP contribution in [0.15, 0.2) is 41.2 Å². The van der Waals surface area contributed by atoms with Crippen LogP contribution in [-0.2, 0) is 17.9 Å². The molecule has 8 nitrogen and oxygen atoms in total. The minimum Gasteiger partial charge on any atom is -0.361 e. The molecule has 1 fully saturated rings. The third kappa shape index (κ3) is 5.96. The number of carbonyl (C=O) groups excluding carboxylic acids is 2. The highest BCUT2D eigenvalue weighted by Gasteiger charge is 2.36. The highest BCUT2D eigenvalue weighted by Crippen LogP contribution is 2.31. The van der Waals surface area contributed by atoms with E-state index in [0.29, 0.717) is 29.2 Å². The molecule has 3 aromatic rings. The molecule has 0 saturated heterocycles. The molecule has 1 saturated carbocycles. The summed E-state index contributed by atoms with van der Waals surface area (Å²) in [4.78, 5) is 28.7. The lowest BCUT2D eigenvalue weighted by Crippen LogP contribution is -2.46. The Morgan fingerprint density at radius 2 is 2.06 bits per heavy atom. The van der Waals surface area contributed by atoms with Crippen LogP contribution in [0.5, 0.6) is 0 Å². The Morgan fingerprint density at radius 1 is 1.29 bits per heavy atom. The number of aromatic nitrogens is 3. The summed E-state index contributed by atoms with van der Waals surface area (Å²) in [5.74, 6) is -0.192. The number of halogens is 1. The minimum absolute atomic E-state index is 0.119. The van der Waals surface area contributed by atoms with Gasteiger partial charge in [-0.25, -0.2) is 4.39 Å². The Kier molecular flexibility index (Phi) is 7.33. The van der Waals surface area contributed by atoms with E-state index in [1.807, 2.05) is 20.8 Å². The lowest BCUT2D eigenvalue weighted by Gasteiger charge is -2.30. The lowest BCUT2D eigenvalue weighted by molar-refractivity contribution is -0.127. The van der Waals surface area contributed by atoms with Crippen molar-refractivity contribution in [3.05, 3.63) is 70.6 Å². The highest BCUT2D eigenvalue weighted by atomic mass is 19.1. The summed E-state index contributed by atoms with van der Waals surface area (Å²) in [7, 11) is 0. The number of hydrogen-bond donors (Lipinski definition) is 1. The van der Waals surface area contributed by atoms with Gasteiger partial charge in [0.05, 0.1) is 18.3 Å². The van der Waals surface area contributed by atoms with Crippen molar-refractivity contribution in [3.8, 4) is 0 Å². The van der Waals surface area contributed by atoms with E-state index in [2.05, 4.69) is 15.6 Å². The number of aryl methyl sites for hydroxylation is 2. The van der Waals surface area contributed by atoms with E-state index in [0.717, 1.165) is 24.9 Å². The predicted molar refractivity (Wildman–Crippen MR) is 128 cm³/mol. The third-order valence-electron chi connectivity index (χ3n) is 6.31. The first kappa shape index (κ1) is 24.6. The van der Waals surface area contributed by atoms with Gasteiger partial charge in [-0.3, -0.25) is 14.3 Å². The van der Waals surface area contributed by atoms with Crippen LogP contribution in [0.4, 0.5) is 4.39 Å². The van der Waals surface area contributed by atoms with Crippen LogP contribution in [0.3, 0.4) is 0 Å². The van der Waals surface area contributed by atoms with Gasteiger partial charge in [0.25, 0.3) is 5.91 Å². The monoisotopic (exact) mass is 481 g/mol. The Labute approximate surface area is 204 Å². The van der Waals surface area contributed by atoms with Gasteiger partial charge in [0.1, 0.15) is 17.3 Å². The maximum absolute atomic E-state index is 14.8. The van der Waals surface area contributed by atoms with Crippen molar-refractivity contribution in [2.24, 2.45) is 5.92 Å². The molecule has 186 valence electrons. The van der Waals surface area contributed by atoms with Crippen LogP contribution in [0.2, 0.25) is 0 Å². The second-order valence-corrected chi connectivity index (χ2v) is 9.51. The van der Waals surface area contributed by atoms with Crippen LogP contribution in [-0.4, -0.2) is 37.7 Å². The molecule has 1 aliphatic carbocycles. The molecule has 2 unspecified atom stereocenters. The second kappa shape index (κ2) is 10.4. The third-order valence-corrected chi connectivity index (χ3v) is 6.31. The smallest absolute Gasteiger partial charge is 0.258 e. The predicted octanol–water partition coefficient (Wildman–Crippen LogP) is 4.34. The SMILES string of the molecule is CCC(C)NC(=O)C(c1cc(C)on1)N(Cc1cc(C)ccc1F)C(=O)c1cnn(CC2CC2)c1. The van der Waals surface area contributed by atoms with Gasteiger partial charge < -0.3 is 14.7 Å². The van der Waals surface area contributed by atoms with E-state index in [9.17, 15) is 14.0 Å². The summed E-state index contributed by atoms with van der Waals surface area (Å²) in [6.07, 6.45) is 6.22. The summed E-state index contributed by atoms with van der Waals surface area (Å²) >= 11 is 0. The van der Waals surface area contributed by atoms with Crippen molar-refractivity contribution >= 4 is 11.8 Å². The molecule has 2 atom stereocenters. The van der Waals surface area contributed by atoms with Crippen molar-refractivity contribution in [2.45, 2.75) is 72.1 Å². The van der Waals surface area contributed by atoms with Crippen molar-refractivity contribution < 1.29 is 18.5 Å². The minimum atomic E-state index is -1.11. The van der Waals surface area contributed by atoms with E-state index < -0.39 is 23.7 Å². The largest absolute Gasteiger partial charge is 0.361 e. The first-order chi connectivity index (χ1) is 16.7. The molecule has 0 aliphatic heterocycles. The Morgan fingerprint density at radius 3 is 2.71 bits per heavy atom. The zero-order valence-corrected chi connectivity index (χ0v) is 20.6. The van der Waals surface area contributed by atoms with Crippen LogP contribution in [0.1, 0.15) is 72.1 Å². The number of carbonyl (C=O) groups is 2. The molecule has 2 heterocycles. The van der Waals surface area contributed by atoms with Crippen LogP contribution >= 0.6 is 0 Å². The van der Waals surface area contributed by atoms with E-state index in [-0.39, 0.29) is 18.3 Å². The summed E-state index contributed by atoms with van der Waals surface area (Å²) in [5, 5.41) is 11.3. The zero-order valence-electron chi connectivity index (χ0n) is 20.6. The van der Waals surface area contributed by atoms with Gasteiger partial charge in [-0.15, -0.1) is 0 Å². The summed E-state index contributed by atoms with van der Waals surface area (Å²) in [6, 6.07) is 5.12. The summed E-state index contributed by atoms with van der Waals surface area (Å²) in [6.45, 7) is 8.04. The number of hydrogen-bond acceptors (Lipinski definition) is 5. The van der Waals surface area contributed by atoms with E-state index in [1.54, 1.807) is 36.0 Å². The normalized spacial score (nSPS) is 15.0. The molecule has 1 N–H and O–H groups in total. The molecule has 2 amide bonds. The fourth-order valence-corrected chi connectivity index (χ4v) is 3.97. The van der Waals surface area contributed by atoms with Gasteiger partial charge >= 0.3 is 0 Å². The molecule has 0 spiro atoms. The topological polar surface area (TPSA) is 93.3 Å². The van der Waals surface area contributed by atoms with Gasteiger partial charge in [0, 0.05) is 30.4 Å². The second-order valence-electron chi connectivity index (χ2n) is 9.51. The molecule has 1 aliphatic rings. The molecule has 35 heavy (non-hydrogen) atoms.